The first kappa shape index (κ1) is 18.7. The first-order chi connectivity index (χ1) is 12.4. The second kappa shape index (κ2) is 7.67. The van der Waals surface area contributed by atoms with E-state index in [1.165, 1.54) is 6.07 Å². The fourth-order valence-electron chi connectivity index (χ4n) is 3.29. The van der Waals surface area contributed by atoms with Crippen molar-refractivity contribution in [1.29, 1.82) is 4.78 Å². The van der Waals surface area contributed by atoms with E-state index in [-0.39, 0.29) is 17.6 Å². The minimum absolute atomic E-state index is 0.198. The van der Waals surface area contributed by atoms with Crippen molar-refractivity contribution in [1.82, 2.24) is 9.29 Å². The van der Waals surface area contributed by atoms with E-state index in [1.807, 2.05) is 6.20 Å². The lowest BCUT2D eigenvalue weighted by atomic mass is 10.0. The SMILES string of the molecule is CCCC1CCc2c(cn(C)c2C(=O)Nc2ccc(F)c(F)c2)S(=N)N1. The summed E-state index contributed by atoms with van der Waals surface area (Å²) in [5.74, 6) is -2.35. The lowest BCUT2D eigenvalue weighted by Gasteiger charge is -2.15. The van der Waals surface area contributed by atoms with Crippen LogP contribution in [0.1, 0.15) is 42.2 Å². The van der Waals surface area contributed by atoms with Crippen LogP contribution >= 0.6 is 0 Å². The Kier molecular flexibility index (Phi) is 5.52. The van der Waals surface area contributed by atoms with Crippen LogP contribution in [0.2, 0.25) is 0 Å². The van der Waals surface area contributed by atoms with Crippen LogP contribution in [-0.2, 0) is 24.3 Å². The molecule has 2 aromatic rings. The lowest BCUT2D eigenvalue weighted by Crippen LogP contribution is -2.28. The highest BCUT2D eigenvalue weighted by Gasteiger charge is 2.26. The zero-order chi connectivity index (χ0) is 18.8. The fourth-order valence-corrected chi connectivity index (χ4v) is 4.69. The van der Waals surface area contributed by atoms with Gasteiger partial charge in [-0.2, -0.15) is 0 Å². The molecule has 1 aromatic carbocycles. The van der Waals surface area contributed by atoms with Gasteiger partial charge in [0.2, 0.25) is 0 Å². The predicted molar refractivity (Wildman–Crippen MR) is 98.2 cm³/mol. The molecular formula is C18H22F2N4OS. The Morgan fingerprint density at radius 2 is 2.19 bits per heavy atom. The Labute approximate surface area is 153 Å². The van der Waals surface area contributed by atoms with Gasteiger partial charge in [-0.25, -0.2) is 13.5 Å². The maximum Gasteiger partial charge on any atom is 0.272 e. The number of benzene rings is 1. The van der Waals surface area contributed by atoms with Crippen LogP contribution in [0.4, 0.5) is 14.5 Å². The number of hydrogen-bond donors (Lipinski definition) is 3. The monoisotopic (exact) mass is 380 g/mol. The zero-order valence-electron chi connectivity index (χ0n) is 14.7. The Hall–Kier alpha value is -2.06. The van der Waals surface area contributed by atoms with Gasteiger partial charge in [0.15, 0.2) is 11.6 Å². The van der Waals surface area contributed by atoms with E-state index in [0.29, 0.717) is 12.1 Å². The van der Waals surface area contributed by atoms with Crippen LogP contribution in [-0.4, -0.2) is 16.5 Å². The summed E-state index contributed by atoms with van der Waals surface area (Å²) in [6, 6.07) is 3.53. The molecule has 26 heavy (non-hydrogen) atoms. The first-order valence-corrected chi connectivity index (χ1v) is 9.79. The molecule has 0 saturated heterocycles. The molecule has 0 radical (unpaired) electrons. The molecule has 0 saturated carbocycles. The Morgan fingerprint density at radius 3 is 2.88 bits per heavy atom. The van der Waals surface area contributed by atoms with E-state index in [1.54, 1.807) is 11.6 Å². The summed E-state index contributed by atoms with van der Waals surface area (Å²) in [4.78, 5) is 13.6. The molecule has 1 amide bonds. The van der Waals surface area contributed by atoms with E-state index in [2.05, 4.69) is 17.0 Å². The van der Waals surface area contributed by atoms with Crippen LogP contribution in [0, 0.1) is 16.4 Å². The van der Waals surface area contributed by atoms with Gasteiger partial charge < -0.3 is 9.88 Å². The largest absolute Gasteiger partial charge is 0.345 e. The lowest BCUT2D eigenvalue weighted by molar-refractivity contribution is 0.101. The number of halogens is 2. The third kappa shape index (κ3) is 3.71. The molecule has 140 valence electrons. The number of rotatable bonds is 4. The third-order valence-electron chi connectivity index (χ3n) is 4.52. The summed E-state index contributed by atoms with van der Waals surface area (Å²) in [6.07, 6.45) is 5.41. The van der Waals surface area contributed by atoms with Gasteiger partial charge in [-0.1, -0.05) is 13.3 Å². The molecule has 0 fully saturated rings. The molecule has 3 rings (SSSR count). The number of nitrogens with one attached hydrogen (secondary N) is 3. The number of carbonyl (C=O) groups excluding carboxylic acids is 1. The topological polar surface area (TPSA) is 69.9 Å². The second-order valence-corrected chi connectivity index (χ2v) is 7.75. The number of anilines is 1. The molecule has 0 aliphatic carbocycles. The smallest absolute Gasteiger partial charge is 0.272 e. The zero-order valence-corrected chi connectivity index (χ0v) is 15.6. The van der Waals surface area contributed by atoms with Gasteiger partial charge >= 0.3 is 0 Å². The van der Waals surface area contributed by atoms with Crippen LogP contribution in [0.25, 0.3) is 0 Å². The van der Waals surface area contributed by atoms with Crippen LogP contribution in [0.3, 0.4) is 0 Å². The van der Waals surface area contributed by atoms with Gasteiger partial charge in [0.25, 0.3) is 5.91 Å². The van der Waals surface area contributed by atoms with Crippen LogP contribution < -0.4 is 10.0 Å². The highest BCUT2D eigenvalue weighted by Crippen LogP contribution is 2.27. The number of carbonyl (C=O) groups is 1. The average Bonchev–Trinajstić information content (AvgIpc) is 2.85. The molecule has 1 aliphatic rings. The normalized spacial score (nSPS) is 19.7. The predicted octanol–water partition coefficient (Wildman–Crippen LogP) is 3.91. The molecule has 3 N–H and O–H groups in total. The van der Waals surface area contributed by atoms with Gasteiger partial charge in [-0.05, 0) is 47.8 Å². The molecule has 5 nitrogen and oxygen atoms in total. The van der Waals surface area contributed by atoms with Crippen LogP contribution in [0.15, 0.2) is 29.3 Å². The Balaban J connectivity index is 1.88. The number of aryl methyl sites for hydroxylation is 1. The Bertz CT molecular complexity index is 865. The second-order valence-electron chi connectivity index (χ2n) is 6.46. The van der Waals surface area contributed by atoms with Gasteiger partial charge in [0.1, 0.15) is 5.69 Å². The maximum atomic E-state index is 13.4. The molecule has 8 heteroatoms. The number of hydrogen-bond acceptors (Lipinski definition) is 2. The summed E-state index contributed by atoms with van der Waals surface area (Å²) in [5, 5.41) is 2.63. The van der Waals surface area contributed by atoms with Crippen molar-refractivity contribution in [2.75, 3.05) is 5.32 Å². The number of fused-ring (bicyclic) bond motifs is 1. The highest BCUT2D eigenvalue weighted by atomic mass is 32.2. The molecule has 0 bridgehead atoms. The minimum atomic E-state index is -1.01. The molecule has 2 unspecified atom stereocenters. The van der Waals surface area contributed by atoms with Gasteiger partial charge in [0, 0.05) is 31.0 Å². The van der Waals surface area contributed by atoms with E-state index in [9.17, 15) is 13.6 Å². The average molecular weight is 380 g/mol. The van der Waals surface area contributed by atoms with E-state index in [4.69, 9.17) is 4.78 Å². The quantitative estimate of drug-likeness (QED) is 0.753. The summed E-state index contributed by atoms with van der Waals surface area (Å²) in [5.41, 5.74) is 1.52. The number of aromatic nitrogens is 1. The number of amides is 1. The van der Waals surface area contributed by atoms with Crippen molar-refractivity contribution < 1.29 is 13.6 Å². The van der Waals surface area contributed by atoms with Crippen molar-refractivity contribution in [3.63, 3.8) is 0 Å². The van der Waals surface area contributed by atoms with Gasteiger partial charge in [-0.3, -0.25) is 9.57 Å². The molecule has 2 atom stereocenters. The maximum absolute atomic E-state index is 13.4. The van der Waals surface area contributed by atoms with Gasteiger partial charge in [0.05, 0.1) is 4.90 Å². The van der Waals surface area contributed by atoms with E-state index < -0.39 is 22.5 Å². The molecule has 0 spiro atoms. The fraction of sp³-hybridized carbons (Fsp3) is 0.389. The summed E-state index contributed by atoms with van der Waals surface area (Å²) >= 11 is 0. The molecule has 1 aromatic heterocycles. The van der Waals surface area contributed by atoms with Crippen molar-refractivity contribution >= 4 is 22.5 Å². The summed E-state index contributed by atoms with van der Waals surface area (Å²) < 4.78 is 39.9. The molecule has 1 aliphatic heterocycles. The summed E-state index contributed by atoms with van der Waals surface area (Å²) in [6.45, 7) is 2.11. The third-order valence-corrected chi connectivity index (χ3v) is 5.88. The van der Waals surface area contributed by atoms with E-state index >= 15 is 0 Å². The number of nitrogens with zero attached hydrogens (tertiary/aromatic N) is 1. The van der Waals surface area contributed by atoms with E-state index in [0.717, 1.165) is 41.9 Å². The van der Waals surface area contributed by atoms with Crippen LogP contribution in [0.5, 0.6) is 0 Å². The Morgan fingerprint density at radius 1 is 1.42 bits per heavy atom. The highest BCUT2D eigenvalue weighted by molar-refractivity contribution is 7.84. The van der Waals surface area contributed by atoms with Crippen molar-refractivity contribution in [3.05, 3.63) is 47.3 Å². The van der Waals surface area contributed by atoms with Gasteiger partial charge in [-0.15, -0.1) is 0 Å². The minimum Gasteiger partial charge on any atom is -0.345 e. The van der Waals surface area contributed by atoms with Crippen molar-refractivity contribution in [3.8, 4) is 0 Å². The van der Waals surface area contributed by atoms with Crippen molar-refractivity contribution in [2.24, 2.45) is 7.05 Å². The van der Waals surface area contributed by atoms with Crippen molar-refractivity contribution in [2.45, 2.75) is 43.5 Å². The standard InChI is InChI=1S/C18H22F2N4OS/c1-3-4-11-5-7-13-16(26(21)23-11)10-24(2)17(13)18(25)22-12-6-8-14(19)15(20)9-12/h6,8-11H,3-5,7H2,1-2H3,(H2,21,23)(H,22,25). The molecule has 2 heterocycles. The first-order valence-electron chi connectivity index (χ1n) is 8.57. The molecular weight excluding hydrogens is 358 g/mol. The summed E-state index contributed by atoms with van der Waals surface area (Å²) in [7, 11) is 0.876.